The predicted octanol–water partition coefficient (Wildman–Crippen LogP) is 11.4. The van der Waals surface area contributed by atoms with Gasteiger partial charge in [-0.05, 0) is 53.0 Å². The van der Waals surface area contributed by atoms with Gasteiger partial charge in [-0.1, -0.05) is 141 Å². The van der Waals surface area contributed by atoms with E-state index < -0.39 is 10.0 Å². The molecular weight excluding hydrogens is 617 g/mol. The third-order valence-electron chi connectivity index (χ3n) is 10.1. The van der Waals surface area contributed by atoms with Crippen molar-refractivity contribution in [2.24, 2.45) is 0 Å². The van der Waals surface area contributed by atoms with E-state index in [1.54, 1.807) is 0 Å². The van der Waals surface area contributed by atoms with Crippen molar-refractivity contribution in [3.63, 3.8) is 0 Å². The molecule has 0 fully saturated rings. The molecule has 0 bridgehead atoms. The lowest BCUT2D eigenvalue weighted by molar-refractivity contribution is 0.631. The molecule has 0 aliphatic carbocycles. The van der Waals surface area contributed by atoms with E-state index in [0.717, 1.165) is 16.7 Å². The summed E-state index contributed by atoms with van der Waals surface area (Å²) >= 11 is 0. The number of para-hydroxylation sites is 2. The Kier molecular flexibility index (Phi) is 6.65. The zero-order chi connectivity index (χ0) is 33.3. The Morgan fingerprint density at radius 3 is 1.43 bits per heavy atom. The van der Waals surface area contributed by atoms with Crippen molar-refractivity contribution in [3.05, 3.63) is 157 Å². The fourth-order valence-electron chi connectivity index (χ4n) is 7.88. The highest BCUT2D eigenvalue weighted by Crippen LogP contribution is 2.72. The zero-order valence-electron chi connectivity index (χ0n) is 28.1. The van der Waals surface area contributed by atoms with E-state index in [4.69, 9.17) is 15.0 Å². The van der Waals surface area contributed by atoms with Crippen molar-refractivity contribution in [1.29, 1.82) is 0 Å². The van der Waals surface area contributed by atoms with E-state index in [9.17, 15) is 0 Å². The first kappa shape index (κ1) is 29.6. The minimum absolute atomic E-state index is 0.119. The van der Waals surface area contributed by atoms with Gasteiger partial charge < -0.3 is 4.90 Å². The largest absolute Gasteiger partial charge is 0.309 e. The summed E-state index contributed by atoms with van der Waals surface area (Å²) in [6.45, 7) is 4.69. The third kappa shape index (κ3) is 4.49. The van der Waals surface area contributed by atoms with Crippen LogP contribution in [0.5, 0.6) is 0 Å². The van der Waals surface area contributed by atoms with Crippen LogP contribution < -0.4 is 4.90 Å². The van der Waals surface area contributed by atoms with Gasteiger partial charge in [0.1, 0.15) is 0 Å². The smallest absolute Gasteiger partial charge is 0.165 e. The molecule has 7 aromatic rings. The van der Waals surface area contributed by atoms with E-state index in [0.29, 0.717) is 17.5 Å². The highest BCUT2D eigenvalue weighted by atomic mass is 32.3. The Morgan fingerprint density at radius 1 is 0.429 bits per heavy atom. The van der Waals surface area contributed by atoms with Crippen molar-refractivity contribution in [2.75, 3.05) is 17.4 Å². The monoisotopic (exact) mass is 652 g/mol. The molecule has 0 N–H and O–H groups in total. The summed E-state index contributed by atoms with van der Waals surface area (Å²) in [6, 6.07) is 51.7. The van der Waals surface area contributed by atoms with Gasteiger partial charge in [-0.2, -0.15) is 10.0 Å². The summed E-state index contributed by atoms with van der Waals surface area (Å²) in [5.41, 5.74) is 11.8. The minimum Gasteiger partial charge on any atom is -0.309 e. The first-order chi connectivity index (χ1) is 23.8. The van der Waals surface area contributed by atoms with E-state index >= 15 is 0 Å². The van der Waals surface area contributed by atoms with Gasteiger partial charge >= 0.3 is 0 Å². The molecule has 6 aromatic carbocycles. The van der Waals surface area contributed by atoms with Gasteiger partial charge in [-0.25, -0.2) is 15.0 Å². The van der Waals surface area contributed by atoms with Crippen LogP contribution >= 0.6 is 10.0 Å². The van der Waals surface area contributed by atoms with Gasteiger partial charge in [0.25, 0.3) is 0 Å². The lowest BCUT2D eigenvalue weighted by Gasteiger charge is -2.43. The highest BCUT2D eigenvalue weighted by molar-refractivity contribution is 8.33. The highest BCUT2D eigenvalue weighted by Gasteiger charge is 2.42. The molecular formula is C44H36N4S. The second-order valence-corrected chi connectivity index (χ2v) is 17.2. The van der Waals surface area contributed by atoms with Crippen LogP contribution in [0, 0.1) is 0 Å². The quantitative estimate of drug-likeness (QED) is 0.190. The molecule has 3 heterocycles. The molecule has 2 aliphatic heterocycles. The molecule has 4 nitrogen and oxygen atoms in total. The Labute approximate surface area is 289 Å². The maximum atomic E-state index is 5.17. The molecule has 0 amide bonds. The van der Waals surface area contributed by atoms with Crippen molar-refractivity contribution < 1.29 is 0 Å². The van der Waals surface area contributed by atoms with E-state index in [-0.39, 0.29) is 5.41 Å². The average molecular weight is 653 g/mol. The Morgan fingerprint density at radius 2 is 0.857 bits per heavy atom. The Balaban J connectivity index is 1.27. The van der Waals surface area contributed by atoms with Crippen molar-refractivity contribution >= 4 is 27.1 Å². The number of anilines is 3. The molecule has 1 aromatic heterocycles. The second-order valence-electron chi connectivity index (χ2n) is 13.7. The van der Waals surface area contributed by atoms with Crippen LogP contribution in [0.1, 0.15) is 25.0 Å². The predicted molar refractivity (Wildman–Crippen MR) is 204 cm³/mol. The first-order valence-electron chi connectivity index (χ1n) is 16.7. The molecule has 0 spiro atoms. The van der Waals surface area contributed by atoms with Crippen LogP contribution in [0.4, 0.5) is 17.1 Å². The van der Waals surface area contributed by atoms with Crippen LogP contribution in [-0.2, 0) is 5.41 Å². The molecule has 5 heteroatoms. The maximum Gasteiger partial charge on any atom is 0.165 e. The number of hydrogen-bond donors (Lipinski definition) is 0. The number of hydrogen-bond acceptors (Lipinski definition) is 4. The normalized spacial score (nSPS) is 15.5. The van der Waals surface area contributed by atoms with Crippen LogP contribution in [0.15, 0.2) is 155 Å². The van der Waals surface area contributed by atoms with E-state index in [2.05, 4.69) is 140 Å². The van der Waals surface area contributed by atoms with Crippen LogP contribution in [0.25, 0.3) is 45.3 Å². The van der Waals surface area contributed by atoms with Gasteiger partial charge in [0.15, 0.2) is 17.5 Å². The topological polar surface area (TPSA) is 41.9 Å². The Hall–Kier alpha value is -5.52. The van der Waals surface area contributed by atoms with Crippen molar-refractivity contribution in [2.45, 2.75) is 29.1 Å². The number of rotatable bonds is 4. The van der Waals surface area contributed by atoms with Gasteiger partial charge in [0.2, 0.25) is 0 Å². The SMILES string of the molecule is CC1(C)c2ccccc2N(c2cccc3c2S(C)(C)c2c(-c4nc(-c5ccccc5)nc(-c5ccccc5)n4)cccc2-3)c2ccccc21. The molecule has 0 saturated carbocycles. The minimum atomic E-state index is -1.55. The molecule has 238 valence electrons. The van der Waals surface area contributed by atoms with Crippen LogP contribution in [0.3, 0.4) is 0 Å². The van der Waals surface area contributed by atoms with E-state index in [1.165, 1.54) is 49.1 Å². The number of nitrogens with zero attached hydrogens (tertiary/aromatic N) is 4. The molecule has 2 aliphatic rings. The Bertz CT molecular complexity index is 2290. The summed E-state index contributed by atoms with van der Waals surface area (Å²) in [5, 5.41) is 0. The number of fused-ring (bicyclic) bond motifs is 5. The molecule has 0 radical (unpaired) electrons. The fourth-order valence-corrected chi connectivity index (χ4v) is 10.9. The fraction of sp³-hybridized carbons (Fsp3) is 0.114. The van der Waals surface area contributed by atoms with Gasteiger partial charge in [0.05, 0.1) is 17.1 Å². The van der Waals surface area contributed by atoms with Gasteiger partial charge in [-0.15, -0.1) is 0 Å². The van der Waals surface area contributed by atoms with E-state index in [1.807, 2.05) is 36.4 Å². The summed E-state index contributed by atoms with van der Waals surface area (Å²) in [5.74, 6) is 2.06. The maximum absolute atomic E-state index is 5.17. The average Bonchev–Trinajstić information content (AvgIpc) is 3.39. The molecule has 49 heavy (non-hydrogen) atoms. The summed E-state index contributed by atoms with van der Waals surface area (Å²) < 4.78 is 0. The second kappa shape index (κ2) is 11.0. The lowest BCUT2D eigenvalue weighted by atomic mass is 9.73. The summed E-state index contributed by atoms with van der Waals surface area (Å²) in [7, 11) is -1.55. The lowest BCUT2D eigenvalue weighted by Crippen LogP contribution is -2.30. The van der Waals surface area contributed by atoms with Crippen molar-refractivity contribution in [1.82, 2.24) is 15.0 Å². The summed E-state index contributed by atoms with van der Waals surface area (Å²) in [4.78, 5) is 20.5. The number of benzene rings is 6. The van der Waals surface area contributed by atoms with Gasteiger partial charge in [0, 0.05) is 31.9 Å². The summed E-state index contributed by atoms with van der Waals surface area (Å²) in [6.07, 6.45) is 4.88. The van der Waals surface area contributed by atoms with Gasteiger partial charge in [-0.3, -0.25) is 0 Å². The first-order valence-corrected chi connectivity index (χ1v) is 19.2. The van der Waals surface area contributed by atoms with Crippen LogP contribution in [0.2, 0.25) is 0 Å². The number of aromatic nitrogens is 3. The molecule has 0 saturated heterocycles. The van der Waals surface area contributed by atoms with Crippen LogP contribution in [-0.4, -0.2) is 27.5 Å². The molecule has 0 unspecified atom stereocenters. The van der Waals surface area contributed by atoms with Crippen molar-refractivity contribution in [3.8, 4) is 45.3 Å². The zero-order valence-corrected chi connectivity index (χ0v) is 28.9. The molecule has 0 atom stereocenters. The standard InChI is InChI=1S/C44H36N4S/c1-44(2)34-24-11-13-26-36(34)48(37-27-14-12-25-35(37)44)38-28-16-22-32-31-21-15-23-33(39(31)49(3,4)40(32)38)43-46-41(29-17-7-5-8-18-29)45-42(47-43)30-19-9-6-10-20-30/h5-28H,1-4H3. The molecule has 9 rings (SSSR count). The third-order valence-corrected chi connectivity index (χ3v) is 13.0.